The molecule has 0 saturated carbocycles. The molecule has 0 spiro atoms. The quantitative estimate of drug-likeness (QED) is 0.617. The van der Waals surface area contributed by atoms with E-state index in [1.165, 1.54) is 5.57 Å². The van der Waals surface area contributed by atoms with Gasteiger partial charge in [0.2, 0.25) is 6.41 Å². The fraction of sp³-hybridized carbons (Fsp3) is 0.667. The summed E-state index contributed by atoms with van der Waals surface area (Å²) in [7, 11) is 0. The summed E-state index contributed by atoms with van der Waals surface area (Å²) in [6, 6.07) is 0. The molecule has 0 bridgehead atoms. The van der Waals surface area contributed by atoms with Gasteiger partial charge in [0.05, 0.1) is 0 Å². The molecular weight excluding hydrogens is 138 g/mol. The number of nitrogens with one attached hydrogen (secondary N) is 1. The van der Waals surface area contributed by atoms with Gasteiger partial charge in [0, 0.05) is 6.20 Å². The Kier molecular flexibility index (Phi) is 4.59. The van der Waals surface area contributed by atoms with Crippen LogP contribution >= 0.6 is 0 Å². The summed E-state index contributed by atoms with van der Waals surface area (Å²) in [5.41, 5.74) is 1.28. The van der Waals surface area contributed by atoms with E-state index in [0.29, 0.717) is 18.2 Å². The maximum absolute atomic E-state index is 10.00. The summed E-state index contributed by atoms with van der Waals surface area (Å²) in [5.74, 6) is 1.00. The highest BCUT2D eigenvalue weighted by Gasteiger charge is 2.06. The highest BCUT2D eigenvalue weighted by Crippen LogP contribution is 2.17. The van der Waals surface area contributed by atoms with Crippen molar-refractivity contribution in [3.05, 3.63) is 11.8 Å². The first-order valence-electron chi connectivity index (χ1n) is 3.99. The van der Waals surface area contributed by atoms with Crippen molar-refractivity contribution in [3.8, 4) is 0 Å². The monoisotopic (exact) mass is 155 g/mol. The van der Waals surface area contributed by atoms with Crippen LogP contribution in [0.5, 0.6) is 0 Å². The average molecular weight is 155 g/mol. The molecule has 0 rings (SSSR count). The highest BCUT2D eigenvalue weighted by atomic mass is 16.1. The van der Waals surface area contributed by atoms with Gasteiger partial charge in [-0.05, 0) is 17.4 Å². The Balaban J connectivity index is 4.20. The van der Waals surface area contributed by atoms with Crippen LogP contribution in [-0.4, -0.2) is 6.41 Å². The Hall–Kier alpha value is -0.790. The van der Waals surface area contributed by atoms with Crippen LogP contribution in [0.3, 0.4) is 0 Å². The van der Waals surface area contributed by atoms with Gasteiger partial charge in [0.15, 0.2) is 0 Å². The zero-order chi connectivity index (χ0) is 8.85. The third-order valence-electron chi connectivity index (χ3n) is 1.65. The largest absolute Gasteiger partial charge is 0.335 e. The highest BCUT2D eigenvalue weighted by molar-refractivity contribution is 5.48. The number of hydrogen-bond acceptors (Lipinski definition) is 1. The molecule has 0 heterocycles. The van der Waals surface area contributed by atoms with Crippen molar-refractivity contribution in [1.29, 1.82) is 0 Å². The minimum Gasteiger partial charge on any atom is -0.335 e. The standard InChI is InChI=1S/C9H17NO/c1-7(2)9(8(3)4)5-10-6-11/h5-8H,1-4H3,(H,10,11). The molecule has 0 unspecified atom stereocenters. The van der Waals surface area contributed by atoms with Crippen LogP contribution in [0.1, 0.15) is 27.7 Å². The van der Waals surface area contributed by atoms with Crippen LogP contribution in [0.4, 0.5) is 0 Å². The van der Waals surface area contributed by atoms with Gasteiger partial charge >= 0.3 is 0 Å². The van der Waals surface area contributed by atoms with Crippen molar-refractivity contribution in [3.63, 3.8) is 0 Å². The Morgan fingerprint density at radius 1 is 1.18 bits per heavy atom. The van der Waals surface area contributed by atoms with Gasteiger partial charge in [0.25, 0.3) is 0 Å². The molecule has 0 aliphatic heterocycles. The molecule has 0 atom stereocenters. The summed E-state index contributed by atoms with van der Waals surface area (Å²) in [6.45, 7) is 8.49. The first kappa shape index (κ1) is 10.2. The summed E-state index contributed by atoms with van der Waals surface area (Å²) < 4.78 is 0. The van der Waals surface area contributed by atoms with Gasteiger partial charge in [-0.3, -0.25) is 4.79 Å². The lowest BCUT2D eigenvalue weighted by atomic mass is 9.94. The molecule has 1 amide bonds. The smallest absolute Gasteiger partial charge is 0.211 e. The van der Waals surface area contributed by atoms with E-state index in [2.05, 4.69) is 33.0 Å². The first-order valence-corrected chi connectivity index (χ1v) is 3.99. The number of carbonyl (C=O) groups is 1. The van der Waals surface area contributed by atoms with Crippen molar-refractivity contribution < 1.29 is 4.79 Å². The Morgan fingerprint density at radius 2 is 1.64 bits per heavy atom. The van der Waals surface area contributed by atoms with Crippen molar-refractivity contribution in [2.24, 2.45) is 11.8 Å². The van der Waals surface area contributed by atoms with Gasteiger partial charge in [-0.25, -0.2) is 0 Å². The zero-order valence-electron chi connectivity index (χ0n) is 7.72. The lowest BCUT2D eigenvalue weighted by Crippen LogP contribution is -2.09. The summed E-state index contributed by atoms with van der Waals surface area (Å²) in [4.78, 5) is 10.00. The lowest BCUT2D eigenvalue weighted by molar-refractivity contribution is -0.108. The Morgan fingerprint density at radius 3 is 1.91 bits per heavy atom. The third kappa shape index (κ3) is 3.81. The minimum atomic E-state index is 0.502. The molecular formula is C9H17NO. The van der Waals surface area contributed by atoms with Crippen LogP contribution in [0.25, 0.3) is 0 Å². The number of hydrogen-bond donors (Lipinski definition) is 1. The molecule has 2 nitrogen and oxygen atoms in total. The molecule has 0 saturated heterocycles. The molecule has 2 heteroatoms. The predicted octanol–water partition coefficient (Wildman–Crippen LogP) is 1.93. The number of rotatable bonds is 4. The molecule has 64 valence electrons. The number of allylic oxidation sites excluding steroid dienone is 1. The average Bonchev–Trinajstić information content (AvgIpc) is 1.87. The normalized spacial score (nSPS) is 10.0. The third-order valence-corrected chi connectivity index (χ3v) is 1.65. The first-order chi connectivity index (χ1) is 5.09. The predicted molar refractivity (Wildman–Crippen MR) is 47.0 cm³/mol. The van der Waals surface area contributed by atoms with Crippen molar-refractivity contribution >= 4 is 6.41 Å². The zero-order valence-corrected chi connectivity index (χ0v) is 7.72. The van der Waals surface area contributed by atoms with E-state index in [1.54, 1.807) is 6.20 Å². The van der Waals surface area contributed by atoms with Crippen LogP contribution in [0.2, 0.25) is 0 Å². The molecule has 1 N–H and O–H groups in total. The second-order valence-corrected chi connectivity index (χ2v) is 3.24. The van der Waals surface area contributed by atoms with Gasteiger partial charge in [0.1, 0.15) is 0 Å². The van der Waals surface area contributed by atoms with Crippen molar-refractivity contribution in [2.75, 3.05) is 0 Å². The topological polar surface area (TPSA) is 29.1 Å². The van der Waals surface area contributed by atoms with E-state index in [1.807, 2.05) is 0 Å². The SMILES string of the molecule is CC(C)C(=CNC=O)C(C)C. The fourth-order valence-corrected chi connectivity index (χ4v) is 1.13. The minimum absolute atomic E-state index is 0.502. The lowest BCUT2D eigenvalue weighted by Gasteiger charge is -2.14. The summed E-state index contributed by atoms with van der Waals surface area (Å²) in [5, 5.41) is 2.57. The molecule has 11 heavy (non-hydrogen) atoms. The van der Waals surface area contributed by atoms with Crippen LogP contribution in [-0.2, 0) is 4.79 Å². The van der Waals surface area contributed by atoms with Crippen LogP contribution < -0.4 is 5.32 Å². The Labute approximate surface area is 68.7 Å². The van der Waals surface area contributed by atoms with Crippen molar-refractivity contribution in [2.45, 2.75) is 27.7 Å². The second-order valence-electron chi connectivity index (χ2n) is 3.24. The molecule has 0 aliphatic carbocycles. The van der Waals surface area contributed by atoms with E-state index in [0.717, 1.165) is 0 Å². The maximum atomic E-state index is 10.00. The van der Waals surface area contributed by atoms with E-state index in [4.69, 9.17) is 0 Å². The van der Waals surface area contributed by atoms with Gasteiger partial charge in [-0.1, -0.05) is 27.7 Å². The fourth-order valence-electron chi connectivity index (χ4n) is 1.13. The van der Waals surface area contributed by atoms with Crippen molar-refractivity contribution in [1.82, 2.24) is 5.32 Å². The molecule has 0 fully saturated rings. The van der Waals surface area contributed by atoms with Gasteiger partial charge < -0.3 is 5.32 Å². The van der Waals surface area contributed by atoms with E-state index in [9.17, 15) is 4.79 Å². The summed E-state index contributed by atoms with van der Waals surface area (Å²) >= 11 is 0. The van der Waals surface area contributed by atoms with Gasteiger partial charge in [-0.2, -0.15) is 0 Å². The molecule has 0 aromatic carbocycles. The van der Waals surface area contributed by atoms with E-state index in [-0.39, 0.29) is 0 Å². The molecule has 0 aromatic rings. The molecule has 0 aliphatic rings. The molecule has 0 aromatic heterocycles. The Bertz CT molecular complexity index is 138. The second kappa shape index (κ2) is 4.94. The molecule has 0 radical (unpaired) electrons. The number of amides is 1. The number of carbonyl (C=O) groups excluding carboxylic acids is 1. The maximum Gasteiger partial charge on any atom is 0.211 e. The van der Waals surface area contributed by atoms with Gasteiger partial charge in [-0.15, -0.1) is 0 Å². The van der Waals surface area contributed by atoms with E-state index < -0.39 is 0 Å². The van der Waals surface area contributed by atoms with E-state index >= 15 is 0 Å². The van der Waals surface area contributed by atoms with Crippen LogP contribution in [0, 0.1) is 11.8 Å². The van der Waals surface area contributed by atoms with Crippen LogP contribution in [0.15, 0.2) is 11.8 Å². The summed E-state index contributed by atoms with van der Waals surface area (Å²) in [6.07, 6.45) is 2.49.